The first kappa shape index (κ1) is 14.8. The molecule has 2 atom stereocenters. The van der Waals surface area contributed by atoms with Crippen molar-refractivity contribution >= 4 is 11.9 Å². The number of hydrogen-bond acceptors (Lipinski definition) is 6. The molecular formula is C14H20O6. The van der Waals surface area contributed by atoms with Crippen LogP contribution in [-0.4, -0.2) is 39.1 Å². The van der Waals surface area contributed by atoms with Crippen molar-refractivity contribution in [2.24, 2.45) is 5.41 Å². The molecule has 0 unspecified atom stereocenters. The van der Waals surface area contributed by atoms with Gasteiger partial charge < -0.3 is 18.9 Å². The van der Waals surface area contributed by atoms with Crippen molar-refractivity contribution in [2.45, 2.75) is 37.9 Å². The summed E-state index contributed by atoms with van der Waals surface area (Å²) in [6, 6.07) is 0. The maximum absolute atomic E-state index is 12.3. The van der Waals surface area contributed by atoms with Gasteiger partial charge in [0.2, 0.25) is 5.79 Å². The van der Waals surface area contributed by atoms with Crippen LogP contribution in [-0.2, 0) is 28.5 Å². The molecule has 0 N–H and O–H groups in total. The predicted molar refractivity (Wildman–Crippen MR) is 68.5 cm³/mol. The molecule has 1 saturated carbocycles. The highest BCUT2D eigenvalue weighted by Gasteiger charge is 2.66. The minimum absolute atomic E-state index is 0.294. The van der Waals surface area contributed by atoms with E-state index in [-0.39, 0.29) is 5.97 Å². The summed E-state index contributed by atoms with van der Waals surface area (Å²) in [6.45, 7) is 0. The van der Waals surface area contributed by atoms with Gasteiger partial charge in [0.15, 0.2) is 0 Å². The van der Waals surface area contributed by atoms with Crippen LogP contribution in [0.25, 0.3) is 0 Å². The maximum atomic E-state index is 12.3. The summed E-state index contributed by atoms with van der Waals surface area (Å²) in [4.78, 5) is 23.7. The van der Waals surface area contributed by atoms with Gasteiger partial charge in [-0.2, -0.15) is 0 Å². The first-order chi connectivity index (χ1) is 9.53. The molecule has 0 aromatic carbocycles. The summed E-state index contributed by atoms with van der Waals surface area (Å²) >= 11 is 0. The molecule has 0 amide bonds. The quantitative estimate of drug-likeness (QED) is 0.578. The van der Waals surface area contributed by atoms with E-state index in [0.29, 0.717) is 25.0 Å². The van der Waals surface area contributed by atoms with Gasteiger partial charge >= 0.3 is 11.9 Å². The van der Waals surface area contributed by atoms with Gasteiger partial charge in [-0.05, 0) is 12.8 Å². The first-order valence-corrected chi connectivity index (χ1v) is 6.65. The number of hydrogen-bond donors (Lipinski definition) is 0. The molecule has 0 spiro atoms. The fourth-order valence-electron chi connectivity index (χ4n) is 3.27. The molecule has 0 aromatic heterocycles. The molecule has 6 heteroatoms. The zero-order valence-corrected chi connectivity index (χ0v) is 12.1. The van der Waals surface area contributed by atoms with Crippen molar-refractivity contribution in [3.8, 4) is 0 Å². The molecule has 112 valence electrons. The second kappa shape index (κ2) is 5.44. The Kier molecular flexibility index (Phi) is 4.04. The highest BCUT2D eigenvalue weighted by Crippen LogP contribution is 2.57. The first-order valence-electron chi connectivity index (χ1n) is 6.65. The zero-order chi connectivity index (χ0) is 14.8. The highest BCUT2D eigenvalue weighted by atomic mass is 16.7. The number of allylic oxidation sites excluding steroid dienone is 1. The molecule has 1 saturated heterocycles. The van der Waals surface area contributed by atoms with E-state index in [1.54, 1.807) is 0 Å². The Balaban J connectivity index is 2.41. The third kappa shape index (κ3) is 2.08. The topological polar surface area (TPSA) is 71.1 Å². The SMILES string of the molecule is COC(=O)/C=C1\C[C@]2(C(=O)OC)CCCC[C@]2(OC)O1. The Morgan fingerprint density at radius 3 is 2.45 bits per heavy atom. The molecule has 2 aliphatic rings. The molecule has 20 heavy (non-hydrogen) atoms. The van der Waals surface area contributed by atoms with E-state index in [2.05, 4.69) is 4.74 Å². The van der Waals surface area contributed by atoms with Gasteiger partial charge in [0.1, 0.15) is 11.2 Å². The average Bonchev–Trinajstić information content (AvgIpc) is 2.81. The molecule has 2 rings (SSSR count). The normalized spacial score (nSPS) is 34.2. The Labute approximate surface area is 118 Å². The molecule has 6 nitrogen and oxygen atoms in total. The maximum Gasteiger partial charge on any atom is 0.333 e. The monoisotopic (exact) mass is 284 g/mol. The van der Waals surface area contributed by atoms with E-state index < -0.39 is 17.2 Å². The van der Waals surface area contributed by atoms with Gasteiger partial charge in [-0.15, -0.1) is 0 Å². The van der Waals surface area contributed by atoms with Crippen LogP contribution in [0.2, 0.25) is 0 Å². The van der Waals surface area contributed by atoms with E-state index in [0.717, 1.165) is 12.8 Å². The number of esters is 2. The summed E-state index contributed by atoms with van der Waals surface area (Å²) in [6.07, 6.45) is 4.57. The lowest BCUT2D eigenvalue weighted by Crippen LogP contribution is -2.54. The van der Waals surface area contributed by atoms with Crippen molar-refractivity contribution in [3.05, 3.63) is 11.8 Å². The number of carbonyl (C=O) groups excluding carboxylic acids is 2. The van der Waals surface area contributed by atoms with Crippen LogP contribution in [0.1, 0.15) is 32.1 Å². The standard InChI is InChI=1S/C14H20O6/c1-17-11(15)8-10-9-13(12(16)18-2)6-4-5-7-14(13,19-3)20-10/h8H,4-7,9H2,1-3H3/b10-8+/t13-,14-/m0/s1. The van der Waals surface area contributed by atoms with Crippen molar-refractivity contribution < 1.29 is 28.5 Å². The van der Waals surface area contributed by atoms with Gasteiger partial charge in [-0.25, -0.2) is 4.79 Å². The van der Waals surface area contributed by atoms with E-state index in [9.17, 15) is 9.59 Å². The molecule has 1 aliphatic carbocycles. The zero-order valence-electron chi connectivity index (χ0n) is 12.1. The number of carbonyl (C=O) groups is 2. The third-order valence-electron chi connectivity index (χ3n) is 4.25. The van der Waals surface area contributed by atoms with Crippen LogP contribution in [0, 0.1) is 5.41 Å². The largest absolute Gasteiger partial charge is 0.468 e. The molecular weight excluding hydrogens is 264 g/mol. The van der Waals surface area contributed by atoms with Gasteiger partial charge in [0.25, 0.3) is 0 Å². The highest BCUT2D eigenvalue weighted by molar-refractivity contribution is 5.84. The van der Waals surface area contributed by atoms with Crippen LogP contribution in [0.15, 0.2) is 11.8 Å². The Hall–Kier alpha value is -1.56. The smallest absolute Gasteiger partial charge is 0.333 e. The predicted octanol–water partition coefficient (Wildman–Crippen LogP) is 1.54. The fraction of sp³-hybridized carbons (Fsp3) is 0.714. The fourth-order valence-corrected chi connectivity index (χ4v) is 3.27. The van der Waals surface area contributed by atoms with Crippen molar-refractivity contribution in [1.82, 2.24) is 0 Å². The Morgan fingerprint density at radius 2 is 1.85 bits per heavy atom. The number of ether oxygens (including phenoxy) is 4. The van der Waals surface area contributed by atoms with Gasteiger partial charge in [0, 0.05) is 20.0 Å². The lowest BCUT2D eigenvalue weighted by Gasteiger charge is -2.43. The summed E-state index contributed by atoms with van der Waals surface area (Å²) in [5, 5.41) is 0. The van der Waals surface area contributed by atoms with E-state index in [4.69, 9.17) is 14.2 Å². The van der Waals surface area contributed by atoms with Gasteiger partial charge in [0.05, 0.1) is 20.3 Å². The lowest BCUT2D eigenvalue weighted by molar-refractivity contribution is -0.254. The Bertz CT molecular complexity index is 443. The van der Waals surface area contributed by atoms with Crippen molar-refractivity contribution in [1.29, 1.82) is 0 Å². The Morgan fingerprint density at radius 1 is 1.15 bits per heavy atom. The van der Waals surface area contributed by atoms with Crippen LogP contribution in [0.5, 0.6) is 0 Å². The molecule has 0 bridgehead atoms. The molecule has 1 heterocycles. The molecule has 1 aliphatic heterocycles. The summed E-state index contributed by atoms with van der Waals surface area (Å²) in [5.41, 5.74) is -0.880. The summed E-state index contributed by atoms with van der Waals surface area (Å²) in [7, 11) is 4.17. The summed E-state index contributed by atoms with van der Waals surface area (Å²) in [5.74, 6) is -1.50. The van der Waals surface area contributed by atoms with Gasteiger partial charge in [-0.3, -0.25) is 4.79 Å². The second-order valence-corrected chi connectivity index (χ2v) is 5.15. The van der Waals surface area contributed by atoms with Crippen LogP contribution in [0.3, 0.4) is 0 Å². The lowest BCUT2D eigenvalue weighted by atomic mass is 9.68. The molecule has 2 fully saturated rings. The van der Waals surface area contributed by atoms with E-state index in [1.807, 2.05) is 0 Å². The molecule has 0 aromatic rings. The minimum atomic E-state index is -1.04. The average molecular weight is 284 g/mol. The second-order valence-electron chi connectivity index (χ2n) is 5.15. The molecule has 0 radical (unpaired) electrons. The number of fused-ring (bicyclic) bond motifs is 1. The van der Waals surface area contributed by atoms with Crippen LogP contribution in [0.4, 0.5) is 0 Å². The number of methoxy groups -OCH3 is 3. The van der Waals surface area contributed by atoms with E-state index >= 15 is 0 Å². The van der Waals surface area contributed by atoms with Crippen LogP contribution < -0.4 is 0 Å². The summed E-state index contributed by atoms with van der Waals surface area (Å²) < 4.78 is 21.0. The van der Waals surface area contributed by atoms with Crippen molar-refractivity contribution in [2.75, 3.05) is 21.3 Å². The third-order valence-corrected chi connectivity index (χ3v) is 4.25. The van der Waals surface area contributed by atoms with E-state index in [1.165, 1.54) is 27.4 Å². The van der Waals surface area contributed by atoms with Gasteiger partial charge in [-0.1, -0.05) is 6.42 Å². The van der Waals surface area contributed by atoms with Crippen molar-refractivity contribution in [3.63, 3.8) is 0 Å². The number of rotatable bonds is 3. The minimum Gasteiger partial charge on any atom is -0.468 e. The van der Waals surface area contributed by atoms with Crippen LogP contribution >= 0.6 is 0 Å².